The molecule has 0 aromatic carbocycles. The molecule has 0 bridgehead atoms. The minimum atomic E-state index is -0.978. The van der Waals surface area contributed by atoms with Gasteiger partial charge in [-0.2, -0.15) is 0 Å². The Morgan fingerprint density at radius 2 is 0.968 bits per heavy atom. The van der Waals surface area contributed by atoms with Gasteiger partial charge in [0.25, 0.3) is 0 Å². The average Bonchev–Trinajstić information content (AvgIpc) is 2.68. The fourth-order valence-corrected chi connectivity index (χ4v) is 3.30. The van der Waals surface area contributed by atoms with Crippen molar-refractivity contribution in [2.45, 2.75) is 13.8 Å². The summed E-state index contributed by atoms with van der Waals surface area (Å²) in [6.45, 7) is 6.47. The molecule has 0 amide bonds. The maximum absolute atomic E-state index is 12.3. The van der Waals surface area contributed by atoms with Gasteiger partial charge in [-0.05, 0) is 0 Å². The molecule has 1 aliphatic heterocycles. The Morgan fingerprint density at radius 1 is 0.645 bits per heavy atom. The third-order valence-electron chi connectivity index (χ3n) is 5.25. The summed E-state index contributed by atoms with van der Waals surface area (Å²) < 4.78 is 0. The van der Waals surface area contributed by atoms with Crippen molar-refractivity contribution in [2.24, 2.45) is 5.92 Å². The van der Waals surface area contributed by atoms with Crippen LogP contribution < -0.4 is 0 Å². The zero-order valence-electron chi connectivity index (χ0n) is 18.5. The van der Waals surface area contributed by atoms with Crippen LogP contribution in [0.1, 0.15) is 13.8 Å². The van der Waals surface area contributed by atoms with Crippen LogP contribution in [0.25, 0.3) is 0 Å². The van der Waals surface area contributed by atoms with Gasteiger partial charge < -0.3 is 15.3 Å². The number of nitrogens with zero attached hydrogens (tertiary/aromatic N) is 4. The maximum Gasteiger partial charge on any atom is 0.317 e. The van der Waals surface area contributed by atoms with Crippen molar-refractivity contribution in [3.05, 3.63) is 0 Å². The Hall–Kier alpha value is -1.92. The summed E-state index contributed by atoms with van der Waals surface area (Å²) in [5.41, 5.74) is 0. The van der Waals surface area contributed by atoms with E-state index in [0.29, 0.717) is 52.4 Å². The van der Waals surface area contributed by atoms with Gasteiger partial charge in [-0.1, -0.05) is 13.8 Å². The summed E-state index contributed by atoms with van der Waals surface area (Å²) in [6, 6.07) is 0. The Balaban J connectivity index is 2.97. The Labute approximate surface area is 183 Å². The number of hydrogen-bond acceptors (Lipinski definition) is 9. The fourth-order valence-electron chi connectivity index (χ4n) is 3.30. The van der Waals surface area contributed by atoms with Gasteiger partial charge >= 0.3 is 11.9 Å². The number of aliphatic hydroxyl groups excluding tert-OH is 1. The molecule has 0 spiro atoms. The number of aliphatic hydroxyl groups is 1. The lowest BCUT2D eigenvalue weighted by Gasteiger charge is -2.33. The summed E-state index contributed by atoms with van der Waals surface area (Å²) in [6.07, 6.45) is 0. The van der Waals surface area contributed by atoms with Gasteiger partial charge in [0.05, 0.1) is 26.2 Å². The van der Waals surface area contributed by atoms with Gasteiger partial charge in [0.15, 0.2) is 5.78 Å². The minimum absolute atomic E-state index is 0.0501. The van der Waals surface area contributed by atoms with Gasteiger partial charge in [-0.25, -0.2) is 0 Å². The van der Waals surface area contributed by atoms with Crippen LogP contribution in [0.4, 0.5) is 0 Å². The first-order valence-electron chi connectivity index (χ1n) is 10.6. The van der Waals surface area contributed by atoms with Crippen LogP contribution in [-0.2, 0) is 19.2 Å². The predicted octanol–water partition coefficient (Wildman–Crippen LogP) is -1.84. The molecule has 0 unspecified atom stereocenters. The number of rotatable bonds is 10. The molecule has 1 saturated heterocycles. The van der Waals surface area contributed by atoms with Crippen LogP contribution in [0.15, 0.2) is 0 Å². The van der Waals surface area contributed by atoms with E-state index in [-0.39, 0.29) is 43.7 Å². The molecule has 0 radical (unpaired) electrons. The van der Waals surface area contributed by atoms with Crippen LogP contribution in [0.2, 0.25) is 0 Å². The van der Waals surface area contributed by atoms with Crippen molar-refractivity contribution < 1.29 is 34.5 Å². The van der Waals surface area contributed by atoms with E-state index < -0.39 is 18.5 Å². The van der Waals surface area contributed by atoms with Crippen molar-refractivity contribution in [3.8, 4) is 0 Å². The first-order chi connectivity index (χ1) is 14.6. The van der Waals surface area contributed by atoms with Crippen LogP contribution >= 0.6 is 0 Å². The molecule has 0 aromatic rings. The molecule has 0 saturated carbocycles. The van der Waals surface area contributed by atoms with E-state index in [4.69, 9.17) is 5.11 Å². The van der Waals surface area contributed by atoms with Gasteiger partial charge in [0.1, 0.15) is 12.4 Å². The normalized spacial score (nSPS) is 19.0. The summed E-state index contributed by atoms with van der Waals surface area (Å²) in [5, 5.41) is 27.5. The lowest BCUT2D eigenvalue weighted by Crippen LogP contribution is -2.49. The highest BCUT2D eigenvalue weighted by atomic mass is 16.4. The van der Waals surface area contributed by atoms with E-state index in [1.54, 1.807) is 9.80 Å². The van der Waals surface area contributed by atoms with Crippen molar-refractivity contribution in [1.82, 2.24) is 19.6 Å². The smallest absolute Gasteiger partial charge is 0.317 e. The van der Waals surface area contributed by atoms with Gasteiger partial charge in [0.2, 0.25) is 0 Å². The second-order valence-corrected chi connectivity index (χ2v) is 8.21. The summed E-state index contributed by atoms with van der Waals surface area (Å²) in [7, 11) is 0. The van der Waals surface area contributed by atoms with Crippen molar-refractivity contribution in [3.63, 3.8) is 0 Å². The number of carboxylic acid groups (broad SMARTS) is 2. The highest BCUT2D eigenvalue weighted by Gasteiger charge is 2.21. The van der Waals surface area contributed by atoms with Crippen LogP contribution in [0, 0.1) is 5.92 Å². The lowest BCUT2D eigenvalue weighted by atomic mass is 10.1. The van der Waals surface area contributed by atoms with E-state index in [1.807, 2.05) is 23.6 Å². The number of carbonyl (C=O) groups excluding carboxylic acids is 2. The molecule has 0 aliphatic carbocycles. The molecule has 178 valence electrons. The Morgan fingerprint density at radius 3 is 1.26 bits per heavy atom. The summed E-state index contributed by atoms with van der Waals surface area (Å²) >= 11 is 0. The molecule has 0 atom stereocenters. The number of ketones is 2. The summed E-state index contributed by atoms with van der Waals surface area (Å²) in [5.74, 6) is -2.30. The van der Waals surface area contributed by atoms with Crippen molar-refractivity contribution in [2.75, 3.05) is 85.1 Å². The zero-order chi connectivity index (χ0) is 23.4. The number of aliphatic carboxylic acids is 2. The van der Waals surface area contributed by atoms with Crippen LogP contribution in [-0.4, -0.2) is 144 Å². The number of carboxylic acids is 2. The fraction of sp³-hybridized carbons (Fsp3) is 0.800. The molecular weight excluding hydrogens is 408 g/mol. The SMILES string of the molecule is CC(C)C(=O)CN1CCN(CC(=O)O)CCN(CC(=O)O)CCN(CC(=O)CO)CC1. The molecular formula is C20H36N4O7. The highest BCUT2D eigenvalue weighted by molar-refractivity contribution is 5.82. The maximum atomic E-state index is 12.3. The third kappa shape index (κ3) is 11.9. The molecule has 31 heavy (non-hydrogen) atoms. The topological polar surface area (TPSA) is 142 Å². The molecule has 1 heterocycles. The van der Waals surface area contributed by atoms with Gasteiger partial charge in [0, 0.05) is 58.3 Å². The van der Waals surface area contributed by atoms with Crippen molar-refractivity contribution >= 4 is 23.5 Å². The van der Waals surface area contributed by atoms with Gasteiger partial charge in [-0.15, -0.1) is 0 Å². The standard InChI is InChI=1S/C20H36N4O7/c1-16(2)18(27)12-22-5-3-21(11-17(26)15-25)4-7-23(13-19(28)29)9-10-24(8-6-22)14-20(30)31/h16,25H,3-15H2,1-2H3,(H,28,29)(H,30,31). The minimum Gasteiger partial charge on any atom is -0.480 e. The van der Waals surface area contributed by atoms with E-state index in [2.05, 4.69) is 0 Å². The first-order valence-corrected chi connectivity index (χ1v) is 10.6. The predicted molar refractivity (Wildman–Crippen MR) is 113 cm³/mol. The van der Waals surface area contributed by atoms with Crippen LogP contribution in [0.3, 0.4) is 0 Å². The van der Waals surface area contributed by atoms with E-state index in [0.717, 1.165) is 0 Å². The zero-order valence-corrected chi connectivity index (χ0v) is 18.5. The van der Waals surface area contributed by atoms with E-state index in [9.17, 15) is 29.4 Å². The molecule has 3 N–H and O–H groups in total. The summed E-state index contributed by atoms with van der Waals surface area (Å²) in [4.78, 5) is 53.8. The molecule has 1 rings (SSSR count). The van der Waals surface area contributed by atoms with Crippen LogP contribution in [0.5, 0.6) is 0 Å². The largest absolute Gasteiger partial charge is 0.480 e. The van der Waals surface area contributed by atoms with Gasteiger partial charge in [-0.3, -0.25) is 38.8 Å². The number of carbonyl (C=O) groups is 4. The quantitative estimate of drug-likeness (QED) is 0.350. The van der Waals surface area contributed by atoms with E-state index >= 15 is 0 Å². The van der Waals surface area contributed by atoms with Crippen molar-refractivity contribution in [1.29, 1.82) is 0 Å². The molecule has 11 heteroatoms. The second kappa shape index (κ2) is 14.2. The highest BCUT2D eigenvalue weighted by Crippen LogP contribution is 2.04. The van der Waals surface area contributed by atoms with E-state index in [1.165, 1.54) is 0 Å². The monoisotopic (exact) mass is 444 g/mol. The molecule has 1 fully saturated rings. The number of hydrogen-bond donors (Lipinski definition) is 3. The molecule has 1 aliphatic rings. The molecule has 11 nitrogen and oxygen atoms in total. The average molecular weight is 445 g/mol. The lowest BCUT2D eigenvalue weighted by molar-refractivity contribution is -0.140. The molecule has 0 aromatic heterocycles. The Bertz CT molecular complexity index is 614. The second-order valence-electron chi connectivity index (χ2n) is 8.21. The first kappa shape index (κ1) is 27.1. The number of Topliss-reactive ketones (excluding diaryl/α,β-unsaturated/α-hetero) is 2. The third-order valence-corrected chi connectivity index (χ3v) is 5.25. The Kier molecular flexibility index (Phi) is 12.4.